The van der Waals surface area contributed by atoms with Crippen molar-refractivity contribution in [2.24, 2.45) is 5.92 Å². The lowest BCUT2D eigenvalue weighted by atomic mass is 10.0. The van der Waals surface area contributed by atoms with Crippen molar-refractivity contribution < 1.29 is 9.47 Å². The zero-order valence-corrected chi connectivity index (χ0v) is 14.3. The average molecular weight is 286 g/mol. The van der Waals surface area contributed by atoms with Gasteiger partial charge in [-0.3, -0.25) is 0 Å². The molecule has 0 aliphatic heterocycles. The van der Waals surface area contributed by atoms with Gasteiger partial charge in [0, 0.05) is 26.4 Å². The molecule has 2 nitrogen and oxygen atoms in total. The van der Waals surface area contributed by atoms with E-state index in [9.17, 15) is 0 Å². The molecule has 1 unspecified atom stereocenters. The zero-order chi connectivity index (χ0) is 14.9. The molecule has 0 aliphatic rings. The van der Waals surface area contributed by atoms with Crippen LogP contribution < -0.4 is 0 Å². The molecule has 0 radical (unpaired) electrons. The van der Waals surface area contributed by atoms with Crippen molar-refractivity contribution in [2.45, 2.75) is 85.0 Å². The molecule has 0 saturated heterocycles. The fourth-order valence-corrected chi connectivity index (χ4v) is 2.29. The number of hydrogen-bond acceptors (Lipinski definition) is 2. The standard InChI is InChI=1S/C18H38O2/c1-4-7-10-14-19-15-11-9-12-16-20-17-18(6-3)13-8-5-2/h18H,4-17H2,1-3H3. The first-order valence-electron chi connectivity index (χ1n) is 9.00. The Bertz CT molecular complexity index is 171. The van der Waals surface area contributed by atoms with Crippen LogP contribution in [0.1, 0.15) is 85.0 Å². The van der Waals surface area contributed by atoms with Crippen molar-refractivity contribution >= 4 is 0 Å². The summed E-state index contributed by atoms with van der Waals surface area (Å²) in [5.41, 5.74) is 0. The van der Waals surface area contributed by atoms with Crippen LogP contribution >= 0.6 is 0 Å². The monoisotopic (exact) mass is 286 g/mol. The quantitative estimate of drug-likeness (QED) is 0.344. The van der Waals surface area contributed by atoms with Crippen molar-refractivity contribution in [2.75, 3.05) is 26.4 Å². The molecule has 0 aliphatic carbocycles. The Hall–Kier alpha value is -0.0800. The minimum absolute atomic E-state index is 0.775. The van der Waals surface area contributed by atoms with Crippen molar-refractivity contribution in [3.05, 3.63) is 0 Å². The van der Waals surface area contributed by atoms with E-state index in [0.717, 1.165) is 32.3 Å². The number of ether oxygens (including phenoxy) is 2. The van der Waals surface area contributed by atoms with Crippen molar-refractivity contribution in [1.29, 1.82) is 0 Å². The smallest absolute Gasteiger partial charge is 0.0494 e. The molecule has 0 amide bonds. The highest BCUT2D eigenvalue weighted by Crippen LogP contribution is 2.13. The van der Waals surface area contributed by atoms with Crippen molar-refractivity contribution in [3.8, 4) is 0 Å². The third-order valence-electron chi connectivity index (χ3n) is 3.87. The molecule has 20 heavy (non-hydrogen) atoms. The summed E-state index contributed by atoms with van der Waals surface area (Å²) in [5, 5.41) is 0. The lowest BCUT2D eigenvalue weighted by Crippen LogP contribution is -2.09. The SMILES string of the molecule is CCCCCOCCCCCOCC(CC)CCCC. The van der Waals surface area contributed by atoms with Crippen molar-refractivity contribution in [3.63, 3.8) is 0 Å². The Labute approximate surface area is 127 Å². The number of hydrogen-bond donors (Lipinski definition) is 0. The summed E-state index contributed by atoms with van der Waals surface area (Å²) in [7, 11) is 0. The van der Waals surface area contributed by atoms with Crippen LogP contribution in [0.3, 0.4) is 0 Å². The van der Waals surface area contributed by atoms with Gasteiger partial charge < -0.3 is 9.47 Å². The van der Waals surface area contributed by atoms with Crippen LogP contribution in [0.2, 0.25) is 0 Å². The molecule has 0 saturated carbocycles. The fraction of sp³-hybridized carbons (Fsp3) is 1.00. The highest BCUT2D eigenvalue weighted by Gasteiger charge is 2.05. The predicted molar refractivity (Wildman–Crippen MR) is 88.3 cm³/mol. The first-order valence-corrected chi connectivity index (χ1v) is 9.00. The Balaban J connectivity index is 3.15. The summed E-state index contributed by atoms with van der Waals surface area (Å²) in [6, 6.07) is 0. The molecule has 0 aromatic carbocycles. The van der Waals surface area contributed by atoms with Gasteiger partial charge in [0.05, 0.1) is 0 Å². The van der Waals surface area contributed by atoms with Gasteiger partial charge in [-0.05, 0) is 38.0 Å². The molecule has 2 heteroatoms. The van der Waals surface area contributed by atoms with Crippen LogP contribution in [0, 0.1) is 5.92 Å². The van der Waals surface area contributed by atoms with Crippen LogP contribution in [0.15, 0.2) is 0 Å². The molecule has 0 rings (SSSR count). The fourth-order valence-electron chi connectivity index (χ4n) is 2.29. The summed E-state index contributed by atoms with van der Waals surface area (Å²) in [6.07, 6.45) is 12.6. The summed E-state index contributed by atoms with van der Waals surface area (Å²) in [5.74, 6) is 0.775. The number of unbranched alkanes of at least 4 members (excludes halogenated alkanes) is 5. The normalized spacial score (nSPS) is 12.8. The molecule has 0 heterocycles. The Morgan fingerprint density at radius 2 is 1.25 bits per heavy atom. The number of rotatable bonds is 16. The summed E-state index contributed by atoms with van der Waals surface area (Å²) >= 11 is 0. The largest absolute Gasteiger partial charge is 0.381 e. The maximum Gasteiger partial charge on any atom is 0.0494 e. The summed E-state index contributed by atoms with van der Waals surface area (Å²) in [4.78, 5) is 0. The Morgan fingerprint density at radius 1 is 0.650 bits per heavy atom. The lowest BCUT2D eigenvalue weighted by molar-refractivity contribution is 0.0866. The van der Waals surface area contributed by atoms with E-state index in [1.807, 2.05) is 0 Å². The Kier molecular flexibility index (Phi) is 16.9. The van der Waals surface area contributed by atoms with Gasteiger partial charge in [0.1, 0.15) is 0 Å². The molecule has 0 aromatic heterocycles. The minimum atomic E-state index is 0.775. The molecular formula is C18H38O2. The van der Waals surface area contributed by atoms with Gasteiger partial charge in [-0.25, -0.2) is 0 Å². The average Bonchev–Trinajstić information content (AvgIpc) is 2.48. The van der Waals surface area contributed by atoms with Crippen LogP contribution in [0.4, 0.5) is 0 Å². The first kappa shape index (κ1) is 19.9. The van der Waals surface area contributed by atoms with Crippen LogP contribution in [-0.4, -0.2) is 26.4 Å². The van der Waals surface area contributed by atoms with Gasteiger partial charge in [0.15, 0.2) is 0 Å². The van der Waals surface area contributed by atoms with Crippen LogP contribution in [0.25, 0.3) is 0 Å². The van der Waals surface area contributed by atoms with E-state index in [0.29, 0.717) is 0 Å². The van der Waals surface area contributed by atoms with E-state index in [2.05, 4.69) is 20.8 Å². The zero-order valence-electron chi connectivity index (χ0n) is 14.3. The van der Waals surface area contributed by atoms with E-state index in [-0.39, 0.29) is 0 Å². The molecule has 122 valence electrons. The molecular weight excluding hydrogens is 248 g/mol. The van der Waals surface area contributed by atoms with Gasteiger partial charge in [0.25, 0.3) is 0 Å². The second-order valence-corrected chi connectivity index (χ2v) is 5.87. The first-order chi connectivity index (χ1) is 9.85. The third-order valence-corrected chi connectivity index (χ3v) is 3.87. The third kappa shape index (κ3) is 14.3. The summed E-state index contributed by atoms with van der Waals surface area (Å²) < 4.78 is 11.4. The van der Waals surface area contributed by atoms with Gasteiger partial charge in [0.2, 0.25) is 0 Å². The van der Waals surface area contributed by atoms with Gasteiger partial charge in [-0.2, -0.15) is 0 Å². The van der Waals surface area contributed by atoms with Crippen molar-refractivity contribution in [1.82, 2.24) is 0 Å². The van der Waals surface area contributed by atoms with Gasteiger partial charge in [-0.15, -0.1) is 0 Å². The van der Waals surface area contributed by atoms with E-state index in [1.165, 1.54) is 64.2 Å². The van der Waals surface area contributed by atoms with E-state index in [1.54, 1.807) is 0 Å². The van der Waals surface area contributed by atoms with E-state index >= 15 is 0 Å². The van der Waals surface area contributed by atoms with Gasteiger partial charge >= 0.3 is 0 Å². The minimum Gasteiger partial charge on any atom is -0.381 e. The molecule has 0 N–H and O–H groups in total. The highest BCUT2D eigenvalue weighted by atomic mass is 16.5. The van der Waals surface area contributed by atoms with Crippen LogP contribution in [0.5, 0.6) is 0 Å². The maximum atomic E-state index is 5.80. The lowest BCUT2D eigenvalue weighted by Gasteiger charge is -2.14. The second-order valence-electron chi connectivity index (χ2n) is 5.87. The Morgan fingerprint density at radius 3 is 1.85 bits per heavy atom. The molecule has 0 bridgehead atoms. The summed E-state index contributed by atoms with van der Waals surface area (Å²) in [6.45, 7) is 10.5. The topological polar surface area (TPSA) is 18.5 Å². The molecule has 0 aromatic rings. The maximum absolute atomic E-state index is 5.80. The highest BCUT2D eigenvalue weighted by molar-refractivity contribution is 4.56. The van der Waals surface area contributed by atoms with Gasteiger partial charge in [-0.1, -0.05) is 52.9 Å². The van der Waals surface area contributed by atoms with E-state index in [4.69, 9.17) is 9.47 Å². The van der Waals surface area contributed by atoms with Crippen LogP contribution in [-0.2, 0) is 9.47 Å². The molecule has 0 fully saturated rings. The predicted octanol–water partition coefficient (Wildman–Crippen LogP) is 5.60. The second kappa shape index (κ2) is 17.0. The van der Waals surface area contributed by atoms with E-state index < -0.39 is 0 Å². The molecule has 0 spiro atoms. The molecule has 1 atom stereocenters.